The van der Waals surface area contributed by atoms with Crippen LogP contribution in [-0.2, 0) is 6.54 Å². The predicted octanol–water partition coefficient (Wildman–Crippen LogP) is 2.46. The van der Waals surface area contributed by atoms with E-state index in [0.717, 1.165) is 18.8 Å². The van der Waals surface area contributed by atoms with Crippen LogP contribution in [0.4, 0.5) is 5.95 Å². The summed E-state index contributed by atoms with van der Waals surface area (Å²) in [5.74, 6) is 2.33. The van der Waals surface area contributed by atoms with E-state index in [9.17, 15) is 0 Å². The zero-order valence-corrected chi connectivity index (χ0v) is 10.8. The maximum absolute atomic E-state index is 5.69. The standard InChI is InChI=1S/C14H18N4/c1-9-4-3-5-11(6-9)12-7-10(2)13-16-14(15)17-18(13)8-12/h3-6,10,12H,7-8H2,1-2H3,(H2,15,17). The first-order valence-corrected chi connectivity index (χ1v) is 6.40. The molecule has 18 heavy (non-hydrogen) atoms. The number of nitrogen functional groups attached to an aromatic ring is 1. The lowest BCUT2D eigenvalue weighted by molar-refractivity contribution is 0.382. The molecule has 94 valence electrons. The molecule has 0 spiro atoms. The number of fused-ring (bicyclic) bond motifs is 1. The van der Waals surface area contributed by atoms with Crippen molar-refractivity contribution in [2.24, 2.45) is 0 Å². The largest absolute Gasteiger partial charge is 0.366 e. The van der Waals surface area contributed by atoms with Crippen LogP contribution >= 0.6 is 0 Å². The summed E-state index contributed by atoms with van der Waals surface area (Å²) in [6, 6.07) is 8.73. The van der Waals surface area contributed by atoms with Crippen molar-refractivity contribution in [1.82, 2.24) is 14.8 Å². The number of rotatable bonds is 1. The van der Waals surface area contributed by atoms with Gasteiger partial charge in [0.25, 0.3) is 0 Å². The lowest BCUT2D eigenvalue weighted by Crippen LogP contribution is -2.22. The first kappa shape index (κ1) is 11.3. The van der Waals surface area contributed by atoms with Gasteiger partial charge in [-0.25, -0.2) is 4.68 Å². The molecular formula is C14H18N4. The third-order valence-electron chi connectivity index (χ3n) is 3.70. The molecule has 4 heteroatoms. The fourth-order valence-corrected chi connectivity index (χ4v) is 2.85. The highest BCUT2D eigenvalue weighted by molar-refractivity contribution is 5.27. The number of hydrogen-bond donors (Lipinski definition) is 1. The van der Waals surface area contributed by atoms with E-state index in [1.54, 1.807) is 0 Å². The van der Waals surface area contributed by atoms with Crippen molar-refractivity contribution in [2.45, 2.75) is 38.6 Å². The van der Waals surface area contributed by atoms with E-state index in [1.807, 2.05) is 4.68 Å². The molecule has 1 aromatic carbocycles. The Hall–Kier alpha value is -1.84. The Morgan fingerprint density at radius 3 is 3.00 bits per heavy atom. The zero-order chi connectivity index (χ0) is 12.7. The Kier molecular flexibility index (Phi) is 2.58. The van der Waals surface area contributed by atoms with Crippen LogP contribution in [0, 0.1) is 6.92 Å². The van der Waals surface area contributed by atoms with E-state index in [4.69, 9.17) is 5.73 Å². The second kappa shape index (κ2) is 4.12. The van der Waals surface area contributed by atoms with E-state index >= 15 is 0 Å². The number of aromatic nitrogens is 3. The van der Waals surface area contributed by atoms with Gasteiger partial charge in [0.1, 0.15) is 5.82 Å². The van der Waals surface area contributed by atoms with Gasteiger partial charge < -0.3 is 5.73 Å². The second-order valence-corrected chi connectivity index (χ2v) is 5.26. The first-order chi connectivity index (χ1) is 8.63. The smallest absolute Gasteiger partial charge is 0.239 e. The molecule has 2 unspecified atom stereocenters. The minimum atomic E-state index is 0.391. The summed E-state index contributed by atoms with van der Waals surface area (Å²) in [4.78, 5) is 4.31. The lowest BCUT2D eigenvalue weighted by Gasteiger charge is -2.27. The maximum atomic E-state index is 5.69. The Balaban J connectivity index is 1.94. The van der Waals surface area contributed by atoms with Crippen molar-refractivity contribution in [3.8, 4) is 0 Å². The molecule has 0 saturated carbocycles. The Morgan fingerprint density at radius 1 is 1.39 bits per heavy atom. The van der Waals surface area contributed by atoms with E-state index in [-0.39, 0.29) is 0 Å². The highest BCUT2D eigenvalue weighted by Gasteiger charge is 2.27. The summed E-state index contributed by atoms with van der Waals surface area (Å²) >= 11 is 0. The van der Waals surface area contributed by atoms with Gasteiger partial charge in [0.2, 0.25) is 5.95 Å². The molecular weight excluding hydrogens is 224 g/mol. The molecule has 2 aromatic rings. The normalized spacial score (nSPS) is 22.8. The fourth-order valence-electron chi connectivity index (χ4n) is 2.85. The molecule has 2 heterocycles. The summed E-state index contributed by atoms with van der Waals surface area (Å²) in [6.45, 7) is 5.21. The summed E-state index contributed by atoms with van der Waals surface area (Å²) in [6.07, 6.45) is 1.11. The van der Waals surface area contributed by atoms with Gasteiger partial charge >= 0.3 is 0 Å². The van der Waals surface area contributed by atoms with Gasteiger partial charge in [-0.05, 0) is 18.9 Å². The molecule has 0 saturated heterocycles. The maximum Gasteiger partial charge on any atom is 0.239 e. The van der Waals surface area contributed by atoms with Gasteiger partial charge in [0.05, 0.1) is 0 Å². The van der Waals surface area contributed by atoms with Crippen molar-refractivity contribution in [2.75, 3.05) is 5.73 Å². The zero-order valence-electron chi connectivity index (χ0n) is 10.8. The molecule has 0 bridgehead atoms. The third-order valence-corrected chi connectivity index (χ3v) is 3.70. The highest BCUT2D eigenvalue weighted by Crippen LogP contribution is 2.35. The number of anilines is 1. The number of hydrogen-bond acceptors (Lipinski definition) is 3. The van der Waals surface area contributed by atoms with Crippen molar-refractivity contribution >= 4 is 5.95 Å². The average molecular weight is 242 g/mol. The van der Waals surface area contributed by atoms with Gasteiger partial charge in [0.15, 0.2) is 0 Å². The molecule has 4 nitrogen and oxygen atoms in total. The van der Waals surface area contributed by atoms with Gasteiger partial charge in [-0.15, -0.1) is 5.10 Å². The van der Waals surface area contributed by atoms with E-state index in [1.165, 1.54) is 11.1 Å². The van der Waals surface area contributed by atoms with Crippen LogP contribution in [0.25, 0.3) is 0 Å². The molecule has 0 aliphatic carbocycles. The summed E-state index contributed by atoms with van der Waals surface area (Å²) in [5.41, 5.74) is 8.39. The molecule has 0 amide bonds. The van der Waals surface area contributed by atoms with Crippen LogP contribution in [0.1, 0.15) is 42.1 Å². The number of aryl methyl sites for hydroxylation is 1. The van der Waals surface area contributed by atoms with Gasteiger partial charge in [0, 0.05) is 18.4 Å². The summed E-state index contributed by atoms with van der Waals surface area (Å²) in [5, 5.41) is 4.28. The predicted molar refractivity (Wildman–Crippen MR) is 71.4 cm³/mol. The van der Waals surface area contributed by atoms with Crippen LogP contribution in [0.2, 0.25) is 0 Å². The number of benzene rings is 1. The molecule has 1 aliphatic rings. The molecule has 0 fully saturated rings. The second-order valence-electron chi connectivity index (χ2n) is 5.26. The third kappa shape index (κ3) is 1.88. The topological polar surface area (TPSA) is 56.7 Å². The monoisotopic (exact) mass is 242 g/mol. The van der Waals surface area contributed by atoms with E-state index in [0.29, 0.717) is 17.8 Å². The number of nitrogens with two attached hydrogens (primary N) is 1. The fraction of sp³-hybridized carbons (Fsp3) is 0.429. The SMILES string of the molecule is Cc1cccc(C2CC(C)c3nc(N)nn3C2)c1. The minimum absolute atomic E-state index is 0.391. The molecule has 3 rings (SSSR count). The van der Waals surface area contributed by atoms with Crippen molar-refractivity contribution < 1.29 is 0 Å². The van der Waals surface area contributed by atoms with Crippen molar-refractivity contribution in [3.63, 3.8) is 0 Å². The molecule has 2 N–H and O–H groups in total. The number of nitrogens with zero attached hydrogens (tertiary/aromatic N) is 3. The quantitative estimate of drug-likeness (QED) is 0.835. The Morgan fingerprint density at radius 2 is 2.22 bits per heavy atom. The molecule has 2 atom stereocenters. The van der Waals surface area contributed by atoms with Crippen LogP contribution in [-0.4, -0.2) is 14.8 Å². The average Bonchev–Trinajstić information content (AvgIpc) is 2.70. The van der Waals surface area contributed by atoms with E-state index in [2.05, 4.69) is 48.2 Å². The first-order valence-electron chi connectivity index (χ1n) is 6.40. The van der Waals surface area contributed by atoms with Crippen molar-refractivity contribution in [1.29, 1.82) is 0 Å². The molecule has 1 aliphatic heterocycles. The van der Waals surface area contributed by atoms with Crippen LogP contribution in [0.3, 0.4) is 0 Å². The molecule has 1 aromatic heterocycles. The van der Waals surface area contributed by atoms with Crippen molar-refractivity contribution in [3.05, 3.63) is 41.2 Å². The van der Waals surface area contributed by atoms with Crippen LogP contribution < -0.4 is 5.73 Å². The van der Waals surface area contributed by atoms with Gasteiger partial charge in [-0.3, -0.25) is 0 Å². The van der Waals surface area contributed by atoms with Crippen LogP contribution in [0.15, 0.2) is 24.3 Å². The Bertz CT molecular complexity index is 573. The Labute approximate surface area is 107 Å². The van der Waals surface area contributed by atoms with Gasteiger partial charge in [-0.1, -0.05) is 36.8 Å². The van der Waals surface area contributed by atoms with E-state index < -0.39 is 0 Å². The lowest BCUT2D eigenvalue weighted by atomic mass is 9.86. The summed E-state index contributed by atoms with van der Waals surface area (Å²) in [7, 11) is 0. The molecule has 0 radical (unpaired) electrons. The highest BCUT2D eigenvalue weighted by atomic mass is 15.4. The van der Waals surface area contributed by atoms with Crippen LogP contribution in [0.5, 0.6) is 0 Å². The summed E-state index contributed by atoms with van der Waals surface area (Å²) < 4.78 is 1.97. The minimum Gasteiger partial charge on any atom is -0.366 e. The van der Waals surface area contributed by atoms with Gasteiger partial charge in [-0.2, -0.15) is 4.98 Å².